The molecule has 1 saturated carbocycles. The van der Waals surface area contributed by atoms with Gasteiger partial charge in [-0.2, -0.15) is 8.42 Å². The summed E-state index contributed by atoms with van der Waals surface area (Å²) in [7, 11) is -7.74. The Morgan fingerprint density at radius 2 is 1.65 bits per heavy atom. The van der Waals surface area contributed by atoms with Gasteiger partial charge in [0.25, 0.3) is 15.2 Å². The van der Waals surface area contributed by atoms with E-state index in [1.807, 2.05) is 0 Å². The average Bonchev–Trinajstić information content (AvgIpc) is 2.35. The van der Waals surface area contributed by atoms with E-state index in [1.54, 1.807) is 20.8 Å². The molecule has 1 rings (SSSR count). The first-order chi connectivity index (χ1) is 11.5. The molecule has 0 aromatic carbocycles. The number of amides is 1. The highest BCUT2D eigenvalue weighted by Crippen LogP contribution is 2.45. The van der Waals surface area contributed by atoms with Gasteiger partial charge in [-0.15, -0.1) is 0 Å². The van der Waals surface area contributed by atoms with Crippen molar-refractivity contribution in [3.05, 3.63) is 0 Å². The number of sulfone groups is 1. The van der Waals surface area contributed by atoms with E-state index in [2.05, 4.69) is 5.32 Å². The van der Waals surface area contributed by atoms with Gasteiger partial charge in [-0.3, -0.25) is 8.98 Å². The Bertz CT molecular complexity index is 745. The predicted molar refractivity (Wildman–Crippen MR) is 94.7 cm³/mol. The van der Waals surface area contributed by atoms with Crippen molar-refractivity contribution in [2.24, 2.45) is 5.41 Å². The van der Waals surface area contributed by atoms with Crippen molar-refractivity contribution < 1.29 is 35.3 Å². The number of ether oxygens (including phenoxy) is 1. The first-order valence-corrected chi connectivity index (χ1v) is 11.8. The number of nitrogens with one attached hydrogen (secondary N) is 1. The van der Waals surface area contributed by atoms with Crippen molar-refractivity contribution in [2.75, 3.05) is 19.1 Å². The third kappa shape index (κ3) is 7.58. The lowest BCUT2D eigenvalue weighted by Crippen LogP contribution is -2.50. The molecule has 1 aliphatic rings. The Morgan fingerprint density at radius 1 is 1.12 bits per heavy atom. The van der Waals surface area contributed by atoms with Gasteiger partial charge in [0.2, 0.25) is 9.84 Å². The molecule has 0 spiro atoms. The second-order valence-electron chi connectivity index (χ2n) is 7.81. The maximum atomic E-state index is 12.3. The maximum absolute atomic E-state index is 12.3. The zero-order valence-electron chi connectivity index (χ0n) is 15.7. The van der Waals surface area contributed by atoms with Crippen LogP contribution in [0.4, 0.5) is 4.79 Å². The average molecular weight is 414 g/mol. The molecule has 0 aromatic rings. The Balaban J connectivity index is 2.97. The fourth-order valence-electron chi connectivity index (χ4n) is 2.65. The lowest BCUT2D eigenvalue weighted by molar-refractivity contribution is -0.115. The van der Waals surface area contributed by atoms with E-state index in [0.29, 0.717) is 12.8 Å². The Kier molecular flexibility index (Phi) is 6.86. The number of carbonyl (C=O) groups excluding carboxylic acids is 2. The van der Waals surface area contributed by atoms with Crippen LogP contribution in [0, 0.1) is 5.41 Å². The molecule has 0 bridgehead atoms. The normalized spacial score (nSPS) is 18.5. The fourth-order valence-corrected chi connectivity index (χ4v) is 3.77. The predicted octanol–water partition coefficient (Wildman–Crippen LogP) is 0.988. The molecule has 1 unspecified atom stereocenters. The summed E-state index contributed by atoms with van der Waals surface area (Å²) in [5.41, 5.74) is -1.51. The first kappa shape index (κ1) is 22.8. The van der Waals surface area contributed by atoms with Crippen LogP contribution >= 0.6 is 0 Å². The van der Waals surface area contributed by atoms with Crippen molar-refractivity contribution in [2.45, 2.75) is 58.1 Å². The van der Waals surface area contributed by atoms with Crippen molar-refractivity contribution in [1.29, 1.82) is 0 Å². The molecule has 1 fully saturated rings. The molecule has 0 heterocycles. The number of hydrogen-bond acceptors (Lipinski definition) is 8. The summed E-state index contributed by atoms with van der Waals surface area (Å²) in [6.45, 7) is 4.73. The molecule has 1 atom stereocenters. The fraction of sp³-hybridized carbons (Fsp3) is 0.867. The van der Waals surface area contributed by atoms with E-state index in [-0.39, 0.29) is 13.0 Å². The molecule has 0 aliphatic heterocycles. The molecule has 152 valence electrons. The summed E-state index contributed by atoms with van der Waals surface area (Å²) in [4.78, 5) is 24.3. The Hall–Kier alpha value is -1.20. The van der Waals surface area contributed by atoms with Crippen LogP contribution in [0.25, 0.3) is 0 Å². The van der Waals surface area contributed by atoms with Crippen LogP contribution < -0.4 is 5.32 Å². The molecule has 0 radical (unpaired) electrons. The first-order valence-electron chi connectivity index (χ1n) is 8.11. The van der Waals surface area contributed by atoms with E-state index in [1.165, 1.54) is 0 Å². The monoisotopic (exact) mass is 413 g/mol. The number of alkyl carbamates (subject to hydrolysis) is 1. The molecular formula is C15H27NO8S2. The van der Waals surface area contributed by atoms with Gasteiger partial charge < -0.3 is 10.1 Å². The minimum absolute atomic E-state index is 0.0480. The zero-order valence-corrected chi connectivity index (χ0v) is 17.3. The highest BCUT2D eigenvalue weighted by atomic mass is 32.2. The summed E-state index contributed by atoms with van der Waals surface area (Å²) in [5.74, 6) is 0. The van der Waals surface area contributed by atoms with E-state index in [9.17, 15) is 26.4 Å². The molecule has 0 saturated heterocycles. The number of carbonyl (C=O) groups is 2. The topological polar surface area (TPSA) is 133 Å². The van der Waals surface area contributed by atoms with Crippen LogP contribution in [0.1, 0.15) is 46.5 Å². The van der Waals surface area contributed by atoms with Crippen LogP contribution in [0.2, 0.25) is 0 Å². The molecule has 0 aromatic heterocycles. The highest BCUT2D eigenvalue weighted by molar-refractivity contribution is 8.05. The van der Waals surface area contributed by atoms with Crippen LogP contribution in [0.3, 0.4) is 0 Å². The third-order valence-electron chi connectivity index (χ3n) is 3.97. The molecule has 11 heteroatoms. The van der Waals surface area contributed by atoms with Crippen LogP contribution in [0.5, 0.6) is 0 Å². The molecule has 1 N–H and O–H groups in total. The van der Waals surface area contributed by atoms with Crippen molar-refractivity contribution in [1.82, 2.24) is 5.32 Å². The molecule has 1 aliphatic carbocycles. The maximum Gasteiger partial charge on any atom is 0.408 e. The van der Waals surface area contributed by atoms with Gasteiger partial charge in [-0.1, -0.05) is 6.42 Å². The standard InChI is InChI=1S/C15H27NO8S2/c1-14(2,3)24-13(18)16-11(12(17)25(4,19)20)9-15(7-6-8-15)10-23-26(5,21)22/h11H,6-10H2,1-5H3,(H,16,18). The lowest BCUT2D eigenvalue weighted by Gasteiger charge is -2.43. The van der Waals surface area contributed by atoms with E-state index < -0.39 is 48.2 Å². The zero-order chi connectivity index (χ0) is 20.4. The minimum atomic E-state index is -4.06. The van der Waals surface area contributed by atoms with Gasteiger partial charge in [0.05, 0.1) is 12.9 Å². The van der Waals surface area contributed by atoms with E-state index >= 15 is 0 Å². The van der Waals surface area contributed by atoms with Gasteiger partial charge in [-0.25, -0.2) is 13.2 Å². The number of hydrogen-bond donors (Lipinski definition) is 1. The largest absolute Gasteiger partial charge is 0.444 e. The van der Waals surface area contributed by atoms with Crippen LogP contribution in [-0.4, -0.2) is 58.8 Å². The van der Waals surface area contributed by atoms with E-state index in [0.717, 1.165) is 18.9 Å². The third-order valence-corrected chi connectivity index (χ3v) is 5.53. The molecule has 26 heavy (non-hydrogen) atoms. The van der Waals surface area contributed by atoms with Gasteiger partial charge in [0, 0.05) is 6.26 Å². The molecule has 9 nitrogen and oxygen atoms in total. The smallest absolute Gasteiger partial charge is 0.408 e. The second kappa shape index (κ2) is 7.81. The van der Waals surface area contributed by atoms with Crippen LogP contribution in [-0.2, 0) is 33.7 Å². The second-order valence-corrected chi connectivity index (χ2v) is 11.4. The number of rotatable bonds is 7. The summed E-state index contributed by atoms with van der Waals surface area (Å²) >= 11 is 0. The van der Waals surface area contributed by atoms with Crippen molar-refractivity contribution in [3.8, 4) is 0 Å². The summed E-state index contributed by atoms with van der Waals surface area (Å²) < 4.78 is 55.8. The van der Waals surface area contributed by atoms with Crippen LogP contribution in [0.15, 0.2) is 0 Å². The van der Waals surface area contributed by atoms with Gasteiger partial charge in [0.1, 0.15) is 11.6 Å². The van der Waals surface area contributed by atoms with Crippen molar-refractivity contribution >= 4 is 31.2 Å². The van der Waals surface area contributed by atoms with Gasteiger partial charge >= 0.3 is 6.09 Å². The Labute approximate surface area is 154 Å². The van der Waals surface area contributed by atoms with Crippen molar-refractivity contribution in [3.63, 3.8) is 0 Å². The molecular weight excluding hydrogens is 386 g/mol. The quantitative estimate of drug-likeness (QED) is 0.611. The lowest BCUT2D eigenvalue weighted by atomic mass is 9.66. The molecule has 1 amide bonds. The van der Waals surface area contributed by atoms with Gasteiger partial charge in [-0.05, 0) is 45.4 Å². The summed E-state index contributed by atoms with van der Waals surface area (Å²) in [5, 5.41) is 1.16. The SMILES string of the molecule is CC(C)(C)OC(=O)NC(CC1(COS(C)(=O)=O)CCC1)C(=O)S(C)(=O)=O. The summed E-state index contributed by atoms with van der Waals surface area (Å²) in [6, 6.07) is -1.34. The van der Waals surface area contributed by atoms with Gasteiger partial charge in [0.15, 0.2) is 0 Å². The van der Waals surface area contributed by atoms with E-state index in [4.69, 9.17) is 8.92 Å². The summed E-state index contributed by atoms with van der Waals surface area (Å²) in [6.07, 6.45) is 2.63. The Morgan fingerprint density at radius 3 is 2.00 bits per heavy atom. The highest BCUT2D eigenvalue weighted by Gasteiger charge is 2.44. The minimum Gasteiger partial charge on any atom is -0.444 e.